The molecule has 5 nitrogen and oxygen atoms in total. The van der Waals surface area contributed by atoms with Gasteiger partial charge in [0.1, 0.15) is 23.0 Å². The van der Waals surface area contributed by atoms with Crippen molar-refractivity contribution < 1.29 is 13.2 Å². The maximum absolute atomic E-state index is 12.8. The maximum atomic E-state index is 12.8. The van der Waals surface area contributed by atoms with Crippen molar-refractivity contribution in [1.82, 2.24) is 19.9 Å². The van der Waals surface area contributed by atoms with E-state index < -0.39 is 11.9 Å². The number of likely N-dealkylation sites (N-methyl/N-ethyl adjacent to an activating group) is 1. The van der Waals surface area contributed by atoms with Crippen LogP contribution in [0.4, 0.5) is 19.0 Å². The number of pyridine rings is 1. The van der Waals surface area contributed by atoms with Crippen molar-refractivity contribution in [3.8, 4) is 0 Å². The Morgan fingerprint density at radius 3 is 2.84 bits per heavy atom. The lowest BCUT2D eigenvalue weighted by atomic mass is 10.2. The molecule has 1 atom stereocenters. The van der Waals surface area contributed by atoms with Crippen molar-refractivity contribution in [2.24, 2.45) is 0 Å². The molecule has 2 aromatic rings. The van der Waals surface area contributed by atoms with Gasteiger partial charge in [0.15, 0.2) is 0 Å². The maximum Gasteiger partial charge on any atom is 0.433 e. The Hall–Kier alpha value is -1.93. The predicted molar refractivity (Wildman–Crippen MR) is 88.4 cm³/mol. The largest absolute Gasteiger partial charge is 0.433 e. The van der Waals surface area contributed by atoms with Crippen LogP contribution in [-0.2, 0) is 12.7 Å². The van der Waals surface area contributed by atoms with Gasteiger partial charge in [0.2, 0.25) is 0 Å². The minimum atomic E-state index is -4.47. The third kappa shape index (κ3) is 4.19. The van der Waals surface area contributed by atoms with Crippen LogP contribution in [0.25, 0.3) is 0 Å². The van der Waals surface area contributed by atoms with E-state index in [4.69, 9.17) is 11.6 Å². The van der Waals surface area contributed by atoms with Gasteiger partial charge in [-0.1, -0.05) is 17.7 Å². The van der Waals surface area contributed by atoms with Gasteiger partial charge in [0.25, 0.3) is 0 Å². The number of anilines is 1. The molecule has 2 aromatic heterocycles. The van der Waals surface area contributed by atoms with E-state index in [1.54, 1.807) is 18.1 Å². The fourth-order valence-electron chi connectivity index (χ4n) is 2.93. The Labute approximate surface area is 148 Å². The van der Waals surface area contributed by atoms with E-state index in [0.29, 0.717) is 18.2 Å². The molecule has 1 unspecified atom stereocenters. The van der Waals surface area contributed by atoms with Crippen LogP contribution in [0.2, 0.25) is 5.15 Å². The summed E-state index contributed by atoms with van der Waals surface area (Å²) in [6, 6.07) is 4.82. The molecule has 134 valence electrons. The zero-order valence-corrected chi connectivity index (χ0v) is 14.3. The minimum Gasteiger partial charge on any atom is -0.355 e. The first-order valence-corrected chi connectivity index (χ1v) is 8.16. The smallest absolute Gasteiger partial charge is 0.355 e. The Kier molecular flexibility index (Phi) is 5.10. The molecule has 0 spiro atoms. The molecule has 0 bridgehead atoms. The summed E-state index contributed by atoms with van der Waals surface area (Å²) in [5.74, 6) is 0.272. The van der Waals surface area contributed by atoms with Crippen LogP contribution in [0.5, 0.6) is 0 Å². The molecular weight excluding hydrogens is 355 g/mol. The molecule has 1 aliphatic rings. The van der Waals surface area contributed by atoms with Crippen LogP contribution in [0.1, 0.15) is 17.7 Å². The zero-order valence-electron chi connectivity index (χ0n) is 13.5. The van der Waals surface area contributed by atoms with Gasteiger partial charge in [-0.3, -0.25) is 4.90 Å². The first kappa shape index (κ1) is 17.9. The van der Waals surface area contributed by atoms with Gasteiger partial charge >= 0.3 is 6.18 Å². The lowest BCUT2D eigenvalue weighted by Crippen LogP contribution is -2.35. The summed E-state index contributed by atoms with van der Waals surface area (Å²) in [4.78, 5) is 15.3. The van der Waals surface area contributed by atoms with E-state index in [1.165, 1.54) is 0 Å². The van der Waals surface area contributed by atoms with Crippen molar-refractivity contribution in [2.45, 2.75) is 25.2 Å². The van der Waals surface area contributed by atoms with E-state index in [0.717, 1.165) is 30.9 Å². The van der Waals surface area contributed by atoms with Crippen molar-refractivity contribution >= 4 is 17.4 Å². The molecule has 1 saturated heterocycles. The Bertz CT molecular complexity index is 740. The van der Waals surface area contributed by atoms with E-state index in [1.807, 2.05) is 12.1 Å². The highest BCUT2D eigenvalue weighted by Crippen LogP contribution is 2.30. The molecule has 0 aromatic carbocycles. The molecule has 0 saturated carbocycles. The molecule has 1 fully saturated rings. The fourth-order valence-corrected chi connectivity index (χ4v) is 3.11. The Balaban J connectivity index is 1.67. The first-order valence-electron chi connectivity index (χ1n) is 7.78. The van der Waals surface area contributed by atoms with E-state index in [-0.39, 0.29) is 11.9 Å². The van der Waals surface area contributed by atoms with Crippen molar-refractivity contribution in [3.05, 3.63) is 47.1 Å². The van der Waals surface area contributed by atoms with Gasteiger partial charge in [-0.25, -0.2) is 15.0 Å². The molecule has 0 N–H and O–H groups in total. The van der Waals surface area contributed by atoms with Crippen LogP contribution in [0.3, 0.4) is 0 Å². The van der Waals surface area contributed by atoms with Gasteiger partial charge in [0, 0.05) is 50.6 Å². The minimum absolute atomic E-state index is 0.0754. The molecule has 0 radical (unpaired) electrons. The van der Waals surface area contributed by atoms with Crippen LogP contribution in [0, 0.1) is 0 Å². The Morgan fingerprint density at radius 2 is 2.12 bits per heavy atom. The average molecular weight is 372 g/mol. The number of nitrogens with zero attached hydrogens (tertiary/aromatic N) is 5. The molecule has 1 aliphatic heterocycles. The third-order valence-electron chi connectivity index (χ3n) is 4.33. The van der Waals surface area contributed by atoms with E-state index in [2.05, 4.69) is 19.9 Å². The Morgan fingerprint density at radius 1 is 1.32 bits per heavy atom. The van der Waals surface area contributed by atoms with Crippen molar-refractivity contribution in [1.29, 1.82) is 0 Å². The lowest BCUT2D eigenvalue weighted by Gasteiger charge is -2.26. The first-order chi connectivity index (χ1) is 11.8. The standard InChI is InChI=1S/C16H17ClF3N5/c1-24(14-7-13(16(18,19)20)22-10-23-14)12-4-6-25(9-12)8-11-3-2-5-21-15(11)17/h2-3,5,7,10,12H,4,6,8-9H2,1H3. The number of hydrogen-bond donors (Lipinski definition) is 0. The summed E-state index contributed by atoms with van der Waals surface area (Å²) >= 11 is 6.09. The second-order valence-electron chi connectivity index (χ2n) is 6.00. The molecule has 3 rings (SSSR count). The zero-order chi connectivity index (χ0) is 18.0. The van der Waals surface area contributed by atoms with Gasteiger partial charge in [-0.05, 0) is 12.5 Å². The van der Waals surface area contributed by atoms with Crippen molar-refractivity contribution in [2.75, 3.05) is 25.0 Å². The predicted octanol–water partition coefficient (Wildman–Crippen LogP) is 3.25. The summed E-state index contributed by atoms with van der Waals surface area (Å²) in [5.41, 5.74) is 0.00945. The number of hydrogen-bond acceptors (Lipinski definition) is 5. The highest BCUT2D eigenvalue weighted by molar-refractivity contribution is 6.30. The highest BCUT2D eigenvalue weighted by Gasteiger charge is 2.34. The van der Waals surface area contributed by atoms with Gasteiger partial charge in [0.05, 0.1) is 0 Å². The number of halogens is 4. The second kappa shape index (κ2) is 7.13. The number of rotatable bonds is 4. The number of aromatic nitrogens is 3. The van der Waals surface area contributed by atoms with E-state index >= 15 is 0 Å². The topological polar surface area (TPSA) is 45.2 Å². The summed E-state index contributed by atoms with van der Waals surface area (Å²) in [5, 5.41) is 0.477. The van der Waals surface area contributed by atoms with Gasteiger partial charge < -0.3 is 4.90 Å². The van der Waals surface area contributed by atoms with Gasteiger partial charge in [-0.15, -0.1) is 0 Å². The van der Waals surface area contributed by atoms with Crippen LogP contribution in [0.15, 0.2) is 30.7 Å². The lowest BCUT2D eigenvalue weighted by molar-refractivity contribution is -0.141. The number of likely N-dealkylation sites (tertiary alicyclic amines) is 1. The fraction of sp³-hybridized carbons (Fsp3) is 0.438. The number of alkyl halides is 3. The monoisotopic (exact) mass is 371 g/mol. The molecule has 25 heavy (non-hydrogen) atoms. The normalized spacial score (nSPS) is 18.5. The highest BCUT2D eigenvalue weighted by atomic mass is 35.5. The van der Waals surface area contributed by atoms with Crippen molar-refractivity contribution in [3.63, 3.8) is 0 Å². The summed E-state index contributed by atoms with van der Waals surface area (Å²) in [6.45, 7) is 2.21. The quantitative estimate of drug-likeness (QED) is 0.772. The molecule has 9 heteroatoms. The third-order valence-corrected chi connectivity index (χ3v) is 4.67. The second-order valence-corrected chi connectivity index (χ2v) is 6.36. The van der Waals surface area contributed by atoms with E-state index in [9.17, 15) is 13.2 Å². The van der Waals surface area contributed by atoms with Crippen LogP contribution < -0.4 is 4.90 Å². The molecule has 0 aliphatic carbocycles. The molecule has 3 heterocycles. The summed E-state index contributed by atoms with van der Waals surface area (Å²) in [7, 11) is 1.76. The summed E-state index contributed by atoms with van der Waals surface area (Å²) < 4.78 is 38.4. The molecular formula is C16H17ClF3N5. The summed E-state index contributed by atoms with van der Waals surface area (Å²) in [6.07, 6.45) is -1.05. The van der Waals surface area contributed by atoms with Crippen LogP contribution >= 0.6 is 11.6 Å². The average Bonchev–Trinajstić information content (AvgIpc) is 3.04. The molecule has 0 amide bonds. The SMILES string of the molecule is CN(c1cc(C(F)(F)F)ncn1)C1CCN(Cc2cccnc2Cl)C1. The van der Waals surface area contributed by atoms with Crippen LogP contribution in [-0.4, -0.2) is 46.0 Å². The van der Waals surface area contributed by atoms with Gasteiger partial charge in [-0.2, -0.15) is 13.2 Å².